The van der Waals surface area contributed by atoms with Crippen LogP contribution in [0.5, 0.6) is 0 Å². The van der Waals surface area contributed by atoms with Gasteiger partial charge in [0.25, 0.3) is 0 Å². The molecule has 0 radical (unpaired) electrons. The Morgan fingerprint density at radius 2 is 1.63 bits per heavy atom. The maximum absolute atomic E-state index is 12.6. The van der Waals surface area contributed by atoms with Gasteiger partial charge >= 0.3 is 0 Å². The molecule has 2 fully saturated rings. The molecule has 2 aliphatic rings. The van der Waals surface area contributed by atoms with E-state index in [-0.39, 0.29) is 5.91 Å². The summed E-state index contributed by atoms with van der Waals surface area (Å²) in [6.07, 6.45) is 5.17. The molecule has 0 bridgehead atoms. The highest BCUT2D eigenvalue weighted by molar-refractivity contribution is 6.32. The molecule has 1 aromatic heterocycles. The summed E-state index contributed by atoms with van der Waals surface area (Å²) in [6, 6.07) is 17.9. The molecule has 2 aliphatic heterocycles. The van der Waals surface area contributed by atoms with E-state index in [1.54, 1.807) is 18.3 Å². The third kappa shape index (κ3) is 5.63. The van der Waals surface area contributed by atoms with E-state index in [0.717, 1.165) is 43.1 Å². The van der Waals surface area contributed by atoms with Crippen LogP contribution in [0.1, 0.15) is 5.56 Å². The maximum atomic E-state index is 12.6. The molecule has 8 heteroatoms. The number of anilines is 2. The fourth-order valence-electron chi connectivity index (χ4n) is 4.33. The zero-order valence-corrected chi connectivity index (χ0v) is 20.3. The van der Waals surface area contributed by atoms with Crippen LogP contribution in [0.4, 0.5) is 11.6 Å². The molecule has 35 heavy (non-hydrogen) atoms. The van der Waals surface area contributed by atoms with Crippen molar-refractivity contribution in [2.45, 2.75) is 0 Å². The number of carbonyl (C=O) groups is 1. The number of ether oxygens (including phenoxy) is 1. The highest BCUT2D eigenvalue weighted by atomic mass is 35.5. The molecule has 0 aliphatic carbocycles. The molecule has 0 unspecified atom stereocenters. The number of benzene rings is 2. The minimum atomic E-state index is -0.0143. The zero-order valence-electron chi connectivity index (χ0n) is 19.5. The average Bonchev–Trinajstić information content (AvgIpc) is 2.93. The van der Waals surface area contributed by atoms with E-state index in [1.165, 1.54) is 5.69 Å². The van der Waals surface area contributed by atoms with Crippen molar-refractivity contribution in [2.75, 3.05) is 62.3 Å². The van der Waals surface area contributed by atoms with E-state index < -0.39 is 0 Å². The Kier molecular flexibility index (Phi) is 7.25. The van der Waals surface area contributed by atoms with Crippen molar-refractivity contribution in [1.82, 2.24) is 14.9 Å². The van der Waals surface area contributed by atoms with Crippen molar-refractivity contribution in [3.63, 3.8) is 0 Å². The van der Waals surface area contributed by atoms with Crippen LogP contribution in [-0.4, -0.2) is 73.3 Å². The fourth-order valence-corrected chi connectivity index (χ4v) is 4.53. The van der Waals surface area contributed by atoms with Gasteiger partial charge in [-0.05, 0) is 35.9 Å². The van der Waals surface area contributed by atoms with Gasteiger partial charge in [0.1, 0.15) is 0 Å². The minimum Gasteiger partial charge on any atom is -0.378 e. The van der Waals surface area contributed by atoms with Crippen LogP contribution < -0.4 is 9.80 Å². The van der Waals surface area contributed by atoms with Crippen LogP contribution in [0.25, 0.3) is 17.3 Å². The van der Waals surface area contributed by atoms with E-state index >= 15 is 0 Å². The van der Waals surface area contributed by atoms with E-state index in [4.69, 9.17) is 21.3 Å². The van der Waals surface area contributed by atoms with Crippen molar-refractivity contribution in [3.05, 3.63) is 77.5 Å². The standard InChI is InChI=1S/C27H28ClN5O2/c28-24-4-2-1-3-21(24)7-10-26(34)32-13-15-33(16-14-32)27-29-12-11-25(30-27)22-5-8-23(9-6-22)31-17-19-35-20-18-31/h1-12H,13-20H2/b10-7+. The summed E-state index contributed by atoms with van der Waals surface area (Å²) in [7, 11) is 0. The van der Waals surface area contributed by atoms with E-state index in [9.17, 15) is 4.79 Å². The van der Waals surface area contributed by atoms with Gasteiger partial charge in [-0.25, -0.2) is 9.97 Å². The number of hydrogen-bond acceptors (Lipinski definition) is 6. The third-order valence-corrected chi connectivity index (χ3v) is 6.71. The molecule has 2 aromatic carbocycles. The maximum Gasteiger partial charge on any atom is 0.246 e. The molecular weight excluding hydrogens is 462 g/mol. The highest BCUT2D eigenvalue weighted by Gasteiger charge is 2.22. The van der Waals surface area contributed by atoms with Gasteiger partial charge in [0.2, 0.25) is 11.9 Å². The molecule has 5 rings (SSSR count). The Bertz CT molecular complexity index is 1190. The van der Waals surface area contributed by atoms with Gasteiger partial charge in [-0.3, -0.25) is 4.79 Å². The van der Waals surface area contributed by atoms with Gasteiger partial charge in [0, 0.05) is 67.8 Å². The summed E-state index contributed by atoms with van der Waals surface area (Å²) < 4.78 is 5.45. The molecule has 0 atom stereocenters. The number of amides is 1. The van der Waals surface area contributed by atoms with Crippen LogP contribution in [0.15, 0.2) is 66.9 Å². The number of morpholine rings is 1. The van der Waals surface area contributed by atoms with Crippen LogP contribution >= 0.6 is 11.6 Å². The van der Waals surface area contributed by atoms with Gasteiger partial charge in [-0.1, -0.05) is 41.9 Å². The van der Waals surface area contributed by atoms with E-state index in [0.29, 0.717) is 37.1 Å². The largest absolute Gasteiger partial charge is 0.378 e. The molecule has 7 nitrogen and oxygen atoms in total. The molecule has 3 aromatic rings. The second-order valence-corrected chi connectivity index (χ2v) is 8.96. The molecule has 2 saturated heterocycles. The van der Waals surface area contributed by atoms with Gasteiger partial charge in [-0.2, -0.15) is 0 Å². The summed E-state index contributed by atoms with van der Waals surface area (Å²) in [5.41, 5.74) is 3.99. The zero-order chi connectivity index (χ0) is 24.0. The molecule has 3 heterocycles. The molecule has 1 amide bonds. The normalized spacial score (nSPS) is 16.7. The number of hydrogen-bond donors (Lipinski definition) is 0. The lowest BCUT2D eigenvalue weighted by molar-refractivity contribution is -0.126. The molecule has 180 valence electrons. The number of piperazine rings is 1. The summed E-state index contributed by atoms with van der Waals surface area (Å²) in [5, 5.41) is 0.633. The third-order valence-electron chi connectivity index (χ3n) is 6.37. The van der Waals surface area contributed by atoms with Gasteiger partial charge in [-0.15, -0.1) is 0 Å². The van der Waals surface area contributed by atoms with E-state index in [2.05, 4.69) is 39.0 Å². The average molecular weight is 490 g/mol. The first kappa shape index (κ1) is 23.3. The topological polar surface area (TPSA) is 61.8 Å². The van der Waals surface area contributed by atoms with Crippen LogP contribution in [0.3, 0.4) is 0 Å². The number of carbonyl (C=O) groups excluding carboxylic acids is 1. The highest BCUT2D eigenvalue weighted by Crippen LogP contribution is 2.24. The Hall–Kier alpha value is -3.42. The summed E-state index contributed by atoms with van der Waals surface area (Å²) in [6.45, 7) is 5.99. The van der Waals surface area contributed by atoms with Gasteiger partial charge in [0.05, 0.1) is 18.9 Å². The van der Waals surface area contributed by atoms with Crippen LogP contribution in [0.2, 0.25) is 5.02 Å². The molecule has 0 spiro atoms. The first-order valence-electron chi connectivity index (χ1n) is 11.9. The molecular formula is C27H28ClN5O2. The Labute approximate surface area is 210 Å². The quantitative estimate of drug-likeness (QED) is 0.505. The SMILES string of the molecule is O=C(/C=C/c1ccccc1Cl)N1CCN(c2nccc(-c3ccc(N4CCOCC4)cc3)n2)CC1. The van der Waals surface area contributed by atoms with Gasteiger partial charge < -0.3 is 19.4 Å². The van der Waals surface area contributed by atoms with Crippen molar-refractivity contribution >= 4 is 35.2 Å². The Balaban J connectivity index is 1.20. The van der Waals surface area contributed by atoms with Crippen LogP contribution in [-0.2, 0) is 9.53 Å². The van der Waals surface area contributed by atoms with Gasteiger partial charge in [0.15, 0.2) is 0 Å². The lowest BCUT2D eigenvalue weighted by Gasteiger charge is -2.34. The molecule has 0 N–H and O–H groups in total. The second kappa shape index (κ2) is 10.9. The second-order valence-electron chi connectivity index (χ2n) is 8.56. The predicted octanol–water partition coefficient (Wildman–Crippen LogP) is 4.00. The minimum absolute atomic E-state index is 0.0143. The fraction of sp³-hybridized carbons (Fsp3) is 0.296. The first-order chi connectivity index (χ1) is 17.2. The predicted molar refractivity (Wildman–Crippen MR) is 140 cm³/mol. The smallest absolute Gasteiger partial charge is 0.246 e. The number of rotatable bonds is 5. The summed E-state index contributed by atoms with van der Waals surface area (Å²) in [5.74, 6) is 0.679. The van der Waals surface area contributed by atoms with E-state index in [1.807, 2.05) is 35.2 Å². The van der Waals surface area contributed by atoms with Crippen molar-refractivity contribution in [2.24, 2.45) is 0 Å². The first-order valence-corrected chi connectivity index (χ1v) is 12.3. The molecule has 0 saturated carbocycles. The summed E-state index contributed by atoms with van der Waals surface area (Å²) in [4.78, 5) is 28.3. The van der Waals surface area contributed by atoms with Crippen molar-refractivity contribution in [1.29, 1.82) is 0 Å². The summed E-state index contributed by atoms with van der Waals surface area (Å²) >= 11 is 6.18. The van der Waals surface area contributed by atoms with Crippen molar-refractivity contribution in [3.8, 4) is 11.3 Å². The van der Waals surface area contributed by atoms with Crippen LogP contribution in [0, 0.1) is 0 Å². The number of aromatic nitrogens is 2. The number of halogens is 1. The Morgan fingerprint density at radius 3 is 2.37 bits per heavy atom. The lowest BCUT2D eigenvalue weighted by atomic mass is 10.1. The lowest BCUT2D eigenvalue weighted by Crippen LogP contribution is -2.48. The Morgan fingerprint density at radius 1 is 0.886 bits per heavy atom. The monoisotopic (exact) mass is 489 g/mol. The van der Waals surface area contributed by atoms with Crippen molar-refractivity contribution < 1.29 is 9.53 Å². The number of nitrogens with zero attached hydrogens (tertiary/aromatic N) is 5.